The molecule has 0 bridgehead atoms. The lowest BCUT2D eigenvalue weighted by molar-refractivity contribution is 1.03. The Hall–Kier alpha value is -1.42. The van der Waals surface area contributed by atoms with Crippen LogP contribution in [0.2, 0.25) is 0 Å². The van der Waals surface area contributed by atoms with Crippen LogP contribution in [0.3, 0.4) is 0 Å². The smallest absolute Gasteiger partial charge is 0.267 e. The molecule has 0 aliphatic heterocycles. The summed E-state index contributed by atoms with van der Waals surface area (Å²) < 4.78 is 0. The Morgan fingerprint density at radius 3 is 2.92 bits per heavy atom. The first-order chi connectivity index (χ1) is 6.20. The molecular weight excluding hydrogens is 180 g/mol. The van der Waals surface area contributed by atoms with Crippen LogP contribution in [0.25, 0.3) is 10.8 Å². The maximum absolute atomic E-state index is 11.3. The van der Waals surface area contributed by atoms with E-state index in [9.17, 15) is 4.79 Å². The molecule has 0 saturated carbocycles. The van der Waals surface area contributed by atoms with Gasteiger partial charge in [-0.25, -0.2) is 5.10 Å². The Morgan fingerprint density at radius 2 is 2.23 bits per heavy atom. The molecule has 1 aromatic heterocycles. The third kappa shape index (κ3) is 1.19. The molecule has 0 spiro atoms. The standard InChI is InChI=1S/C9H7N2OSi/c1-5-3-2-4-6-7(5)9(13)11-10-8(6)12/h2-4H,1H3,(H,10,12). The fraction of sp³-hybridized carbons (Fsp3) is 0.111. The number of nitrogens with one attached hydrogen (secondary N) is 1. The second kappa shape index (κ2) is 2.81. The number of benzene rings is 1. The molecule has 0 atom stereocenters. The van der Waals surface area contributed by atoms with Gasteiger partial charge in [-0.05, 0) is 18.6 Å². The van der Waals surface area contributed by atoms with Crippen LogP contribution < -0.4 is 10.9 Å². The molecule has 3 nitrogen and oxygen atoms in total. The van der Waals surface area contributed by atoms with Crippen molar-refractivity contribution in [2.75, 3.05) is 0 Å². The summed E-state index contributed by atoms with van der Waals surface area (Å²) >= 11 is 0. The van der Waals surface area contributed by atoms with E-state index in [2.05, 4.69) is 20.4 Å². The molecule has 1 N–H and O–H groups in total. The molecule has 1 heterocycles. The van der Waals surface area contributed by atoms with Crippen LogP contribution in [-0.2, 0) is 0 Å². The molecule has 13 heavy (non-hydrogen) atoms. The van der Waals surface area contributed by atoms with Gasteiger partial charge in [0.25, 0.3) is 5.56 Å². The van der Waals surface area contributed by atoms with E-state index in [0.29, 0.717) is 10.7 Å². The van der Waals surface area contributed by atoms with Crippen LogP contribution in [0.4, 0.5) is 0 Å². The maximum atomic E-state index is 11.3. The fourth-order valence-corrected chi connectivity index (χ4v) is 1.78. The molecule has 63 valence electrons. The maximum Gasteiger partial charge on any atom is 0.272 e. The average molecular weight is 187 g/mol. The first-order valence-corrected chi connectivity index (χ1v) is 4.40. The van der Waals surface area contributed by atoms with Gasteiger partial charge in [0.2, 0.25) is 0 Å². The Bertz CT molecular complexity index is 510. The van der Waals surface area contributed by atoms with E-state index in [1.54, 1.807) is 6.07 Å². The van der Waals surface area contributed by atoms with Crippen LogP contribution in [0.15, 0.2) is 23.0 Å². The zero-order chi connectivity index (χ0) is 9.42. The van der Waals surface area contributed by atoms with E-state index < -0.39 is 0 Å². The molecule has 0 amide bonds. The van der Waals surface area contributed by atoms with E-state index in [-0.39, 0.29) is 5.56 Å². The van der Waals surface area contributed by atoms with Gasteiger partial charge in [-0.3, -0.25) is 4.79 Å². The highest BCUT2D eigenvalue weighted by Gasteiger charge is 2.03. The number of aryl methyl sites for hydroxylation is 1. The van der Waals surface area contributed by atoms with Gasteiger partial charge in [-0.1, -0.05) is 12.1 Å². The quantitative estimate of drug-likeness (QED) is 0.591. The van der Waals surface area contributed by atoms with Crippen LogP contribution in [0.1, 0.15) is 5.56 Å². The van der Waals surface area contributed by atoms with Gasteiger partial charge in [0.1, 0.15) is 10.2 Å². The number of hydrogen-bond acceptors (Lipinski definition) is 2. The number of hydrogen-bond donors (Lipinski definition) is 1. The summed E-state index contributed by atoms with van der Waals surface area (Å²) in [5, 5.41) is 8.48. The highest BCUT2D eigenvalue weighted by atomic mass is 28.1. The molecule has 0 saturated heterocycles. The highest BCUT2D eigenvalue weighted by Crippen LogP contribution is 2.09. The van der Waals surface area contributed by atoms with Gasteiger partial charge in [-0.15, -0.1) is 0 Å². The van der Waals surface area contributed by atoms with Crippen molar-refractivity contribution in [2.45, 2.75) is 6.92 Å². The largest absolute Gasteiger partial charge is 0.272 e. The van der Waals surface area contributed by atoms with E-state index in [1.165, 1.54) is 0 Å². The average Bonchev–Trinajstić information content (AvgIpc) is 2.12. The number of aromatic amines is 1. The Kier molecular flexibility index (Phi) is 1.77. The number of fused-ring (bicyclic) bond motifs is 1. The summed E-state index contributed by atoms with van der Waals surface area (Å²) in [6.07, 6.45) is 0. The van der Waals surface area contributed by atoms with Crippen molar-refractivity contribution in [1.82, 2.24) is 10.2 Å². The monoisotopic (exact) mass is 187 g/mol. The SMILES string of the molecule is Cc1cccc2c(=O)[nH]nc([Si])c12. The van der Waals surface area contributed by atoms with Gasteiger partial charge < -0.3 is 0 Å². The summed E-state index contributed by atoms with van der Waals surface area (Å²) in [5.41, 5.74) is 0.891. The normalized spacial score (nSPS) is 10.6. The summed E-state index contributed by atoms with van der Waals surface area (Å²) in [6, 6.07) is 5.60. The minimum absolute atomic E-state index is 0.152. The van der Waals surface area contributed by atoms with Crippen molar-refractivity contribution in [2.24, 2.45) is 0 Å². The second-order valence-corrected chi connectivity index (χ2v) is 3.37. The van der Waals surface area contributed by atoms with Gasteiger partial charge in [0.05, 0.1) is 5.39 Å². The van der Waals surface area contributed by atoms with Crippen LogP contribution in [0, 0.1) is 6.92 Å². The number of H-pyrrole nitrogens is 1. The predicted molar refractivity (Wildman–Crippen MR) is 52.5 cm³/mol. The van der Waals surface area contributed by atoms with Crippen LogP contribution in [-0.4, -0.2) is 20.4 Å². The molecule has 0 aliphatic carbocycles. The topological polar surface area (TPSA) is 45.8 Å². The third-order valence-corrected chi connectivity index (χ3v) is 2.39. The lowest BCUT2D eigenvalue weighted by atomic mass is 10.1. The Labute approximate surface area is 78.2 Å². The van der Waals surface area contributed by atoms with Crippen molar-refractivity contribution in [3.63, 3.8) is 0 Å². The van der Waals surface area contributed by atoms with E-state index in [0.717, 1.165) is 10.9 Å². The van der Waals surface area contributed by atoms with Gasteiger partial charge in [0, 0.05) is 10.7 Å². The third-order valence-electron chi connectivity index (χ3n) is 2.02. The lowest BCUT2D eigenvalue weighted by Gasteiger charge is -2.02. The second-order valence-electron chi connectivity index (χ2n) is 2.90. The first-order valence-electron chi connectivity index (χ1n) is 3.90. The summed E-state index contributed by atoms with van der Waals surface area (Å²) in [7, 11) is 3.35. The first kappa shape index (κ1) is 8.19. The lowest BCUT2D eigenvalue weighted by Crippen LogP contribution is -2.20. The van der Waals surface area contributed by atoms with Crippen molar-refractivity contribution in [3.8, 4) is 0 Å². The minimum atomic E-state index is -0.152. The minimum Gasteiger partial charge on any atom is -0.267 e. The van der Waals surface area contributed by atoms with E-state index >= 15 is 0 Å². The Morgan fingerprint density at radius 1 is 1.46 bits per heavy atom. The number of aromatic nitrogens is 2. The zero-order valence-electron chi connectivity index (χ0n) is 7.09. The van der Waals surface area contributed by atoms with Crippen LogP contribution in [0.5, 0.6) is 0 Å². The summed E-state index contributed by atoms with van der Waals surface area (Å²) in [5.74, 6) is 0. The molecular formula is C9H7N2OSi. The van der Waals surface area contributed by atoms with Gasteiger partial charge in [0.15, 0.2) is 0 Å². The zero-order valence-corrected chi connectivity index (χ0v) is 8.09. The highest BCUT2D eigenvalue weighted by molar-refractivity contribution is 6.37. The van der Waals surface area contributed by atoms with E-state index in [4.69, 9.17) is 0 Å². The van der Waals surface area contributed by atoms with Crippen molar-refractivity contribution in [3.05, 3.63) is 34.1 Å². The van der Waals surface area contributed by atoms with Crippen molar-refractivity contribution < 1.29 is 0 Å². The van der Waals surface area contributed by atoms with Crippen LogP contribution >= 0.6 is 0 Å². The summed E-state index contributed by atoms with van der Waals surface area (Å²) in [4.78, 5) is 11.3. The molecule has 2 rings (SSSR count). The number of nitrogens with zero attached hydrogens (tertiary/aromatic N) is 1. The molecule has 1 aromatic carbocycles. The molecule has 0 unspecified atom stereocenters. The predicted octanol–water partition coefficient (Wildman–Crippen LogP) is 0.0253. The molecule has 0 aliphatic rings. The van der Waals surface area contributed by atoms with Gasteiger partial charge >= 0.3 is 0 Å². The molecule has 2 aromatic rings. The Balaban J connectivity index is 3.09. The number of rotatable bonds is 0. The van der Waals surface area contributed by atoms with Crippen molar-refractivity contribution in [1.29, 1.82) is 0 Å². The molecule has 0 fully saturated rings. The van der Waals surface area contributed by atoms with Gasteiger partial charge in [-0.2, -0.15) is 5.10 Å². The molecule has 4 heteroatoms. The van der Waals surface area contributed by atoms with E-state index in [1.807, 2.05) is 19.1 Å². The summed E-state index contributed by atoms with van der Waals surface area (Å²) in [6.45, 7) is 1.95. The fourth-order valence-electron chi connectivity index (χ4n) is 1.39. The molecule has 3 radical (unpaired) electrons. The van der Waals surface area contributed by atoms with Crippen molar-refractivity contribution >= 4 is 26.3 Å².